The quantitative estimate of drug-likeness (QED) is 0.801. The number of aliphatic hydroxyl groups is 1. The number of amides is 1. The van der Waals surface area contributed by atoms with Crippen molar-refractivity contribution in [2.45, 2.75) is 71.1 Å². The normalized spacial score (nSPS) is 23.5. The second-order valence-electron chi connectivity index (χ2n) is 5.88. The topological polar surface area (TPSA) is 43.8 Å². The van der Waals surface area contributed by atoms with Crippen molar-refractivity contribution >= 4 is 5.91 Å². The third-order valence-corrected chi connectivity index (χ3v) is 4.30. The maximum Gasteiger partial charge on any atom is 0.239 e. The monoisotopic (exact) mass is 270 g/mol. The first kappa shape index (κ1) is 16.4. The number of carbonyl (C=O) groups excluding carboxylic acids is 1. The number of hydrogen-bond donors (Lipinski definition) is 1. The molecule has 1 N–H and O–H groups in total. The summed E-state index contributed by atoms with van der Waals surface area (Å²) in [4.78, 5) is 16.7. The third kappa shape index (κ3) is 4.77. The molecule has 0 aromatic carbocycles. The summed E-state index contributed by atoms with van der Waals surface area (Å²) in [5.74, 6) is 0.250. The van der Waals surface area contributed by atoms with E-state index in [0.717, 1.165) is 32.4 Å². The highest BCUT2D eigenvalue weighted by molar-refractivity contribution is 5.81. The van der Waals surface area contributed by atoms with Gasteiger partial charge in [0.1, 0.15) is 0 Å². The lowest BCUT2D eigenvalue weighted by Crippen LogP contribution is -2.51. The van der Waals surface area contributed by atoms with E-state index in [9.17, 15) is 9.90 Å². The number of aliphatic hydroxyl groups excluding tert-OH is 1. The van der Waals surface area contributed by atoms with Gasteiger partial charge in [-0.1, -0.05) is 6.92 Å². The summed E-state index contributed by atoms with van der Waals surface area (Å²) in [5, 5.41) is 9.33. The fourth-order valence-electron chi connectivity index (χ4n) is 2.73. The molecular weight excluding hydrogens is 240 g/mol. The minimum Gasteiger partial charge on any atom is -0.393 e. The molecule has 4 heteroatoms. The standard InChI is InChI=1S/C15H30N2O2/c1-5-14-8-6-7-10-17(14)15(19)13(3)16(4)11-9-12(2)18/h12-14,18H,5-11H2,1-4H3. The number of likely N-dealkylation sites (tertiary alicyclic amines) is 1. The summed E-state index contributed by atoms with van der Waals surface area (Å²) < 4.78 is 0. The van der Waals surface area contributed by atoms with Crippen molar-refractivity contribution in [3.8, 4) is 0 Å². The lowest BCUT2D eigenvalue weighted by atomic mass is 9.99. The zero-order valence-corrected chi connectivity index (χ0v) is 12.9. The van der Waals surface area contributed by atoms with Crippen molar-refractivity contribution < 1.29 is 9.90 Å². The molecule has 0 bridgehead atoms. The molecule has 0 radical (unpaired) electrons. The maximum atomic E-state index is 12.6. The number of rotatable bonds is 6. The molecule has 4 nitrogen and oxygen atoms in total. The zero-order valence-electron chi connectivity index (χ0n) is 12.9. The second-order valence-corrected chi connectivity index (χ2v) is 5.88. The molecule has 112 valence electrons. The molecule has 1 aliphatic rings. The van der Waals surface area contributed by atoms with E-state index in [1.165, 1.54) is 6.42 Å². The van der Waals surface area contributed by atoms with Crippen molar-refractivity contribution in [3.63, 3.8) is 0 Å². The average Bonchev–Trinajstić information content (AvgIpc) is 2.42. The van der Waals surface area contributed by atoms with E-state index in [4.69, 9.17) is 0 Å². The van der Waals surface area contributed by atoms with Crippen molar-refractivity contribution in [1.29, 1.82) is 0 Å². The highest BCUT2D eigenvalue weighted by Gasteiger charge is 2.30. The number of piperidine rings is 1. The van der Waals surface area contributed by atoms with Crippen LogP contribution in [0, 0.1) is 0 Å². The molecule has 3 unspecified atom stereocenters. The fraction of sp³-hybridized carbons (Fsp3) is 0.933. The molecule has 0 aromatic rings. The predicted octanol–water partition coefficient (Wildman–Crippen LogP) is 1.87. The SMILES string of the molecule is CCC1CCCCN1C(=O)C(C)N(C)CCC(C)O. The Morgan fingerprint density at radius 2 is 2.11 bits per heavy atom. The van der Waals surface area contributed by atoms with Crippen LogP contribution in [0.15, 0.2) is 0 Å². The molecule has 0 spiro atoms. The minimum absolute atomic E-state index is 0.0918. The van der Waals surface area contributed by atoms with Gasteiger partial charge in [-0.25, -0.2) is 0 Å². The van der Waals surface area contributed by atoms with Gasteiger partial charge in [-0.3, -0.25) is 9.69 Å². The predicted molar refractivity (Wildman–Crippen MR) is 78.0 cm³/mol. The summed E-state index contributed by atoms with van der Waals surface area (Å²) in [6.45, 7) is 7.60. The van der Waals surface area contributed by atoms with Gasteiger partial charge in [-0.15, -0.1) is 0 Å². The van der Waals surface area contributed by atoms with Crippen LogP contribution in [-0.4, -0.2) is 59.1 Å². The summed E-state index contributed by atoms with van der Waals surface area (Å²) in [6.07, 6.45) is 4.98. The highest BCUT2D eigenvalue weighted by Crippen LogP contribution is 2.21. The smallest absolute Gasteiger partial charge is 0.239 e. The van der Waals surface area contributed by atoms with E-state index in [0.29, 0.717) is 12.5 Å². The first-order valence-electron chi connectivity index (χ1n) is 7.66. The summed E-state index contributed by atoms with van der Waals surface area (Å²) >= 11 is 0. The molecule has 0 aromatic heterocycles. The Balaban J connectivity index is 2.54. The Kier molecular flexibility index (Phi) is 6.80. The number of nitrogens with zero attached hydrogens (tertiary/aromatic N) is 2. The van der Waals surface area contributed by atoms with Crippen LogP contribution < -0.4 is 0 Å². The van der Waals surface area contributed by atoms with Crippen molar-refractivity contribution in [2.75, 3.05) is 20.1 Å². The summed E-state index contributed by atoms with van der Waals surface area (Å²) in [5.41, 5.74) is 0. The van der Waals surface area contributed by atoms with Crippen LogP contribution in [0.4, 0.5) is 0 Å². The zero-order chi connectivity index (χ0) is 14.4. The van der Waals surface area contributed by atoms with Crippen LogP contribution in [0.1, 0.15) is 52.9 Å². The molecule has 1 saturated heterocycles. The number of carbonyl (C=O) groups is 1. The van der Waals surface area contributed by atoms with Gasteiger partial charge in [0, 0.05) is 19.1 Å². The van der Waals surface area contributed by atoms with Gasteiger partial charge >= 0.3 is 0 Å². The van der Waals surface area contributed by atoms with E-state index >= 15 is 0 Å². The Bertz CT molecular complexity index is 281. The van der Waals surface area contributed by atoms with Gasteiger partial charge in [0.25, 0.3) is 0 Å². The van der Waals surface area contributed by atoms with E-state index < -0.39 is 0 Å². The summed E-state index contributed by atoms with van der Waals surface area (Å²) in [7, 11) is 1.97. The fourth-order valence-corrected chi connectivity index (χ4v) is 2.73. The van der Waals surface area contributed by atoms with Gasteiger partial charge < -0.3 is 10.0 Å². The highest BCUT2D eigenvalue weighted by atomic mass is 16.3. The molecule has 3 atom stereocenters. The molecule has 1 heterocycles. The molecule has 1 fully saturated rings. The minimum atomic E-state index is -0.303. The van der Waals surface area contributed by atoms with Gasteiger partial charge in [-0.05, 0) is 53.0 Å². The Labute approximate surface area is 117 Å². The third-order valence-electron chi connectivity index (χ3n) is 4.30. The molecule has 1 amide bonds. The van der Waals surface area contributed by atoms with Crippen molar-refractivity contribution in [3.05, 3.63) is 0 Å². The van der Waals surface area contributed by atoms with Crippen LogP contribution in [0.3, 0.4) is 0 Å². The van der Waals surface area contributed by atoms with Crippen LogP contribution in [-0.2, 0) is 4.79 Å². The lowest BCUT2D eigenvalue weighted by molar-refractivity contribution is -0.139. The van der Waals surface area contributed by atoms with Gasteiger partial charge in [-0.2, -0.15) is 0 Å². The molecule has 1 rings (SSSR count). The average molecular weight is 270 g/mol. The number of likely N-dealkylation sites (N-methyl/N-ethyl adjacent to an activating group) is 1. The maximum absolute atomic E-state index is 12.6. The molecule has 19 heavy (non-hydrogen) atoms. The Morgan fingerprint density at radius 1 is 1.42 bits per heavy atom. The first-order chi connectivity index (χ1) is 8.97. The Hall–Kier alpha value is -0.610. The van der Waals surface area contributed by atoms with Crippen LogP contribution in [0.25, 0.3) is 0 Å². The van der Waals surface area contributed by atoms with E-state index in [1.807, 2.05) is 14.0 Å². The van der Waals surface area contributed by atoms with Gasteiger partial charge in [0.2, 0.25) is 5.91 Å². The van der Waals surface area contributed by atoms with E-state index in [1.54, 1.807) is 6.92 Å². The first-order valence-corrected chi connectivity index (χ1v) is 7.66. The Morgan fingerprint density at radius 3 is 2.68 bits per heavy atom. The second kappa shape index (κ2) is 7.85. The van der Waals surface area contributed by atoms with Crippen molar-refractivity contribution in [1.82, 2.24) is 9.80 Å². The lowest BCUT2D eigenvalue weighted by Gasteiger charge is -2.38. The molecular formula is C15H30N2O2. The molecule has 0 aliphatic carbocycles. The van der Waals surface area contributed by atoms with Crippen molar-refractivity contribution in [2.24, 2.45) is 0 Å². The van der Waals surface area contributed by atoms with Crippen LogP contribution >= 0.6 is 0 Å². The van der Waals surface area contributed by atoms with Crippen LogP contribution in [0.5, 0.6) is 0 Å². The molecule has 1 aliphatic heterocycles. The molecule has 0 saturated carbocycles. The largest absolute Gasteiger partial charge is 0.393 e. The van der Waals surface area contributed by atoms with Crippen LogP contribution in [0.2, 0.25) is 0 Å². The summed E-state index contributed by atoms with van der Waals surface area (Å²) in [6, 6.07) is 0.333. The van der Waals surface area contributed by atoms with Gasteiger partial charge in [0.05, 0.1) is 12.1 Å². The van der Waals surface area contributed by atoms with E-state index in [-0.39, 0.29) is 18.1 Å². The van der Waals surface area contributed by atoms with E-state index in [2.05, 4.69) is 16.7 Å². The van der Waals surface area contributed by atoms with Gasteiger partial charge in [0.15, 0.2) is 0 Å². The number of hydrogen-bond acceptors (Lipinski definition) is 3.